The highest BCUT2D eigenvalue weighted by Crippen LogP contribution is 2.41. The highest BCUT2D eigenvalue weighted by atomic mass is 35.5. The summed E-state index contributed by atoms with van der Waals surface area (Å²) in [7, 11) is 3.23. The summed E-state index contributed by atoms with van der Waals surface area (Å²) in [5.74, 6) is -7.24. The minimum Gasteiger partial charge on any atom is -0.456 e. The number of alkyl halides is 1. The Hall–Kier alpha value is -2.41. The van der Waals surface area contributed by atoms with E-state index < -0.39 is 71.7 Å². The number of amides is 1. The van der Waals surface area contributed by atoms with Gasteiger partial charge in [0.1, 0.15) is 17.9 Å². The number of aliphatic hydroxyl groups excluding tert-OH is 1. The third kappa shape index (κ3) is 11.5. The van der Waals surface area contributed by atoms with Crippen molar-refractivity contribution < 1.29 is 48.3 Å². The highest BCUT2D eigenvalue weighted by molar-refractivity contribution is 6.39. The van der Waals surface area contributed by atoms with Crippen molar-refractivity contribution in [2.45, 2.75) is 166 Å². The first-order valence-electron chi connectivity index (χ1n) is 21.3. The van der Waals surface area contributed by atoms with Crippen LogP contribution in [0.1, 0.15) is 119 Å². The Kier molecular flexibility index (Phi) is 17.6. The number of esters is 1. The maximum absolute atomic E-state index is 14.3. The number of Topliss-reactive ketones (excluding diaryl/α,β-unsaturated/α-hetero) is 2. The highest BCUT2D eigenvalue weighted by Gasteiger charge is 2.56. The van der Waals surface area contributed by atoms with E-state index in [1.165, 1.54) is 4.90 Å². The van der Waals surface area contributed by atoms with Gasteiger partial charge < -0.3 is 34.1 Å². The van der Waals surface area contributed by atoms with E-state index in [-0.39, 0.29) is 54.4 Å². The molecule has 4 aliphatic rings. The molecule has 2 bridgehead atoms. The van der Waals surface area contributed by atoms with E-state index in [2.05, 4.69) is 13.5 Å². The van der Waals surface area contributed by atoms with Gasteiger partial charge in [-0.2, -0.15) is 0 Å². The van der Waals surface area contributed by atoms with Gasteiger partial charge >= 0.3 is 5.97 Å². The third-order valence-electron chi connectivity index (χ3n) is 13.2. The molecule has 4 rings (SSSR count). The van der Waals surface area contributed by atoms with Crippen LogP contribution < -0.4 is 0 Å². The fraction of sp³-hybridized carbons (Fsp3) is 0.778. The van der Waals surface area contributed by atoms with Crippen LogP contribution in [0.15, 0.2) is 36.0 Å². The Morgan fingerprint density at radius 3 is 2.39 bits per heavy atom. The summed E-state index contributed by atoms with van der Waals surface area (Å²) in [6, 6.07) is -1.10. The number of methoxy groups -OCH3 is 2. The van der Waals surface area contributed by atoms with Crippen LogP contribution in [0.3, 0.4) is 0 Å². The van der Waals surface area contributed by atoms with Crippen molar-refractivity contribution in [3.63, 3.8) is 0 Å². The lowest BCUT2D eigenvalue weighted by molar-refractivity contribution is -0.296. The van der Waals surface area contributed by atoms with Crippen molar-refractivity contribution in [1.29, 1.82) is 0 Å². The molecule has 2 unspecified atom stereocenters. The van der Waals surface area contributed by atoms with Crippen LogP contribution in [0.2, 0.25) is 0 Å². The van der Waals surface area contributed by atoms with E-state index >= 15 is 0 Å². The number of fused-ring (bicyclic) bond motifs is 3. The van der Waals surface area contributed by atoms with Gasteiger partial charge in [-0.3, -0.25) is 14.4 Å². The van der Waals surface area contributed by atoms with Crippen LogP contribution in [-0.2, 0) is 38.1 Å². The van der Waals surface area contributed by atoms with Crippen LogP contribution in [0.5, 0.6) is 0 Å². The molecule has 2 saturated heterocycles. The molecule has 3 heterocycles. The predicted molar refractivity (Wildman–Crippen MR) is 219 cm³/mol. The summed E-state index contributed by atoms with van der Waals surface area (Å²) in [6.07, 6.45) is 8.65. The Morgan fingerprint density at radius 2 is 1.74 bits per heavy atom. The second-order valence-corrected chi connectivity index (χ2v) is 18.2. The normalized spacial score (nSPS) is 41.0. The number of cyclic esters (lactones) is 1. The molecule has 14 atom stereocenters. The van der Waals surface area contributed by atoms with Crippen molar-refractivity contribution in [3.05, 3.63) is 36.0 Å². The van der Waals surface area contributed by atoms with E-state index in [1.807, 2.05) is 32.9 Å². The Labute approximate surface area is 345 Å². The summed E-state index contributed by atoms with van der Waals surface area (Å²) in [4.78, 5) is 58.0. The smallest absolute Gasteiger partial charge is 0.329 e. The first kappa shape index (κ1) is 47.3. The van der Waals surface area contributed by atoms with E-state index in [9.17, 15) is 29.4 Å². The van der Waals surface area contributed by atoms with E-state index in [0.29, 0.717) is 56.9 Å². The van der Waals surface area contributed by atoms with Gasteiger partial charge in [0.25, 0.3) is 11.7 Å². The number of ether oxygens (including phenoxy) is 4. The zero-order valence-electron chi connectivity index (χ0n) is 35.6. The van der Waals surface area contributed by atoms with Crippen molar-refractivity contribution >= 4 is 35.0 Å². The fourth-order valence-electron chi connectivity index (χ4n) is 9.77. The van der Waals surface area contributed by atoms with Gasteiger partial charge in [0, 0.05) is 44.9 Å². The average Bonchev–Trinajstić information content (AvgIpc) is 3.18. The molecule has 0 aromatic rings. The molecular weight excluding hydrogens is 750 g/mol. The zero-order valence-corrected chi connectivity index (χ0v) is 36.4. The summed E-state index contributed by atoms with van der Waals surface area (Å²) < 4.78 is 24.2. The Balaban J connectivity index is 1.78. The molecule has 3 aliphatic heterocycles. The molecule has 2 N–H and O–H groups in total. The van der Waals surface area contributed by atoms with Gasteiger partial charge in [0.15, 0.2) is 0 Å². The van der Waals surface area contributed by atoms with Gasteiger partial charge in [0.2, 0.25) is 5.79 Å². The number of ketones is 2. The second kappa shape index (κ2) is 21.2. The monoisotopic (exact) mass is 819 g/mol. The van der Waals surface area contributed by atoms with Crippen LogP contribution in [0.25, 0.3) is 0 Å². The molecular formula is C45H70ClNO10. The summed E-state index contributed by atoms with van der Waals surface area (Å²) in [5.41, 5.74) is 1.72. The standard InChI is InChI=1S/C45H70ClNO10/c1-10-14-33-21-27(4)19-26(3)20-32(11-2)41-39(55-9)23-29(6)45(53,57-41)42(50)43(51)47-18-13-12-15-35(47)44(52)56-40(30(7)36(48)25-37(33)49)28(5)22-31-16-17-34(46)38(24-31)54-8/h10,21-22,26,29-36,38-41,48,53H,1,11-20,23-25H2,2-9H3/b27-21+,28-22+/t26-,29+,30+,31?,32-,33+,34?,35-,36-,38+,39-,40+,41+,45+/m0/s1. The van der Waals surface area contributed by atoms with Gasteiger partial charge in [-0.25, -0.2) is 4.79 Å². The summed E-state index contributed by atoms with van der Waals surface area (Å²) in [5, 5.41) is 23.7. The summed E-state index contributed by atoms with van der Waals surface area (Å²) in [6.45, 7) is 15.5. The number of halogens is 1. The first-order chi connectivity index (χ1) is 27.0. The lowest BCUT2D eigenvalue weighted by atomic mass is 9.78. The predicted octanol–water partition coefficient (Wildman–Crippen LogP) is 6.90. The second-order valence-electron chi connectivity index (χ2n) is 17.6. The van der Waals surface area contributed by atoms with E-state index in [0.717, 1.165) is 18.4 Å². The van der Waals surface area contributed by atoms with E-state index in [1.54, 1.807) is 34.1 Å². The average molecular weight is 821 g/mol. The Morgan fingerprint density at radius 1 is 1.04 bits per heavy atom. The van der Waals surface area contributed by atoms with Gasteiger partial charge in [0.05, 0.1) is 29.8 Å². The Bertz CT molecular complexity index is 1480. The molecule has 0 radical (unpaired) electrons. The van der Waals surface area contributed by atoms with E-state index in [4.69, 9.17) is 30.5 Å². The van der Waals surface area contributed by atoms with Crippen molar-refractivity contribution in [3.8, 4) is 0 Å². The number of hydrogen-bond donors (Lipinski definition) is 2. The van der Waals surface area contributed by atoms with Crippen LogP contribution >= 0.6 is 11.6 Å². The molecule has 57 heavy (non-hydrogen) atoms. The number of aliphatic hydroxyl groups is 2. The molecule has 1 amide bonds. The molecule has 0 aromatic heterocycles. The van der Waals surface area contributed by atoms with Crippen LogP contribution in [-0.4, -0.2) is 107 Å². The molecule has 0 spiro atoms. The number of carbonyl (C=O) groups is 4. The molecule has 11 nitrogen and oxygen atoms in total. The first-order valence-corrected chi connectivity index (χ1v) is 21.8. The topological polar surface area (TPSA) is 149 Å². The fourth-order valence-corrected chi connectivity index (χ4v) is 10.1. The number of nitrogens with zero attached hydrogens (tertiary/aromatic N) is 1. The maximum Gasteiger partial charge on any atom is 0.329 e. The molecule has 1 aliphatic carbocycles. The van der Waals surface area contributed by atoms with Crippen LogP contribution in [0, 0.1) is 35.5 Å². The van der Waals surface area contributed by atoms with Gasteiger partial charge in [-0.15, -0.1) is 18.2 Å². The molecule has 0 aromatic carbocycles. The SMILES string of the molecule is C=CC[C@@H]1/C=C(\C)C[C@H](C)C[C@H](CC)[C@H]2O[C@@](O)(C(=O)C(=O)N3CCCC[C@H]3C(=O)O[C@H](/C(C)=C/C3CCC(Cl)[C@H](OC)C3)[C@H](C)[C@@H](O)CC1=O)[C@H](C)C[C@@H]2OC. The number of piperidine rings is 1. The number of hydrogen-bond acceptors (Lipinski definition) is 10. The maximum atomic E-state index is 14.3. The number of carbonyl (C=O) groups excluding carboxylic acids is 4. The van der Waals surface area contributed by atoms with Crippen molar-refractivity contribution in [1.82, 2.24) is 4.90 Å². The summed E-state index contributed by atoms with van der Waals surface area (Å²) >= 11 is 6.53. The van der Waals surface area contributed by atoms with Gasteiger partial charge in [-0.05, 0) is 101 Å². The quantitative estimate of drug-likeness (QED) is 0.120. The molecule has 322 valence electrons. The van der Waals surface area contributed by atoms with Gasteiger partial charge in [-0.1, -0.05) is 57.9 Å². The van der Waals surface area contributed by atoms with Crippen molar-refractivity contribution in [2.24, 2.45) is 35.5 Å². The third-order valence-corrected chi connectivity index (χ3v) is 13.7. The minimum atomic E-state index is -2.42. The number of rotatable bonds is 7. The largest absolute Gasteiger partial charge is 0.456 e. The van der Waals surface area contributed by atoms with Crippen LogP contribution in [0.4, 0.5) is 0 Å². The lowest BCUT2D eigenvalue weighted by Gasteiger charge is -2.47. The molecule has 1 saturated carbocycles. The zero-order chi connectivity index (χ0) is 42.2. The number of allylic oxidation sites excluding steroid dienone is 4. The lowest BCUT2D eigenvalue weighted by Crippen LogP contribution is -2.63. The van der Waals surface area contributed by atoms with Crippen molar-refractivity contribution in [2.75, 3.05) is 20.8 Å². The molecule has 3 fully saturated rings. The minimum absolute atomic E-state index is 0.0738. The molecule has 12 heteroatoms.